The first kappa shape index (κ1) is 25.6. The first-order valence-electron chi connectivity index (χ1n) is 11.8. The molecule has 32 heavy (non-hydrogen) atoms. The maximum Gasteiger partial charge on any atom is 0.242 e. The number of carbonyl (C=O) groups excluding carboxylic acids is 2. The molecule has 0 aliphatic rings. The lowest BCUT2D eigenvalue weighted by atomic mass is 9.86. The molecule has 2 atom stereocenters. The van der Waals surface area contributed by atoms with Crippen molar-refractivity contribution in [3.8, 4) is 0 Å². The van der Waals surface area contributed by atoms with Crippen LogP contribution in [0.1, 0.15) is 76.6 Å². The molecule has 0 saturated carbocycles. The van der Waals surface area contributed by atoms with Crippen LogP contribution in [-0.2, 0) is 28.0 Å². The van der Waals surface area contributed by atoms with E-state index in [2.05, 4.69) is 56.4 Å². The molecule has 4 nitrogen and oxygen atoms in total. The molecule has 0 bridgehead atoms. The SMILES string of the molecule is CC[C@@H](C)NC(=O)[C@@H](C)N(Cc1cccc(C)c1)C(=O)CCc1ccc(C(C)(C)C)cc1. The summed E-state index contributed by atoms with van der Waals surface area (Å²) in [7, 11) is 0. The quantitative estimate of drug-likeness (QED) is 0.560. The Hall–Kier alpha value is -2.62. The number of carbonyl (C=O) groups is 2. The van der Waals surface area contributed by atoms with Gasteiger partial charge >= 0.3 is 0 Å². The van der Waals surface area contributed by atoms with Gasteiger partial charge in [-0.05, 0) is 55.7 Å². The average molecular weight is 437 g/mol. The molecule has 1 N–H and O–H groups in total. The van der Waals surface area contributed by atoms with Crippen LogP contribution in [0.25, 0.3) is 0 Å². The first-order chi connectivity index (χ1) is 15.0. The van der Waals surface area contributed by atoms with Crippen molar-refractivity contribution in [2.75, 3.05) is 0 Å². The molecule has 2 rings (SSSR count). The predicted octanol–water partition coefficient (Wildman–Crippen LogP) is 5.56. The Morgan fingerprint density at radius 1 is 1.00 bits per heavy atom. The molecule has 0 unspecified atom stereocenters. The molecule has 0 spiro atoms. The molecule has 0 radical (unpaired) electrons. The highest BCUT2D eigenvalue weighted by Crippen LogP contribution is 2.23. The summed E-state index contributed by atoms with van der Waals surface area (Å²) in [6, 6.07) is 16.2. The number of nitrogens with one attached hydrogen (secondary N) is 1. The second-order valence-corrected chi connectivity index (χ2v) is 9.95. The van der Waals surface area contributed by atoms with Crippen molar-refractivity contribution < 1.29 is 9.59 Å². The Balaban J connectivity index is 2.14. The van der Waals surface area contributed by atoms with Gasteiger partial charge in [0, 0.05) is 19.0 Å². The number of nitrogens with zero attached hydrogens (tertiary/aromatic N) is 1. The lowest BCUT2D eigenvalue weighted by Crippen LogP contribution is -2.49. The van der Waals surface area contributed by atoms with Crippen molar-refractivity contribution in [3.05, 3.63) is 70.8 Å². The summed E-state index contributed by atoms with van der Waals surface area (Å²) >= 11 is 0. The van der Waals surface area contributed by atoms with Crippen molar-refractivity contribution >= 4 is 11.8 Å². The summed E-state index contributed by atoms with van der Waals surface area (Å²) in [6.07, 6.45) is 1.89. The third-order valence-electron chi connectivity index (χ3n) is 6.05. The van der Waals surface area contributed by atoms with E-state index in [1.165, 1.54) is 5.56 Å². The van der Waals surface area contributed by atoms with Gasteiger partial charge < -0.3 is 10.2 Å². The van der Waals surface area contributed by atoms with E-state index >= 15 is 0 Å². The van der Waals surface area contributed by atoms with Crippen LogP contribution in [0.4, 0.5) is 0 Å². The van der Waals surface area contributed by atoms with Gasteiger partial charge in [0.25, 0.3) is 0 Å². The van der Waals surface area contributed by atoms with Gasteiger partial charge in [-0.25, -0.2) is 0 Å². The standard InChI is InChI=1S/C28H40N2O2/c1-8-21(3)29-27(32)22(4)30(19-24-11-9-10-20(2)18-24)26(31)17-14-23-12-15-25(16-13-23)28(5,6)7/h9-13,15-16,18,21-22H,8,14,17,19H2,1-7H3,(H,29,32)/t21-,22-/m1/s1. The van der Waals surface area contributed by atoms with Crippen LogP contribution in [0.3, 0.4) is 0 Å². The summed E-state index contributed by atoms with van der Waals surface area (Å²) in [5.41, 5.74) is 4.71. The molecular weight excluding hydrogens is 396 g/mol. The van der Waals surface area contributed by atoms with Gasteiger partial charge in [0.1, 0.15) is 6.04 Å². The maximum atomic E-state index is 13.3. The minimum atomic E-state index is -0.528. The van der Waals surface area contributed by atoms with Gasteiger partial charge in [0.05, 0.1) is 0 Å². The Morgan fingerprint density at radius 3 is 2.22 bits per heavy atom. The molecule has 0 aromatic heterocycles. The Labute approximate surface area is 194 Å². The lowest BCUT2D eigenvalue weighted by Gasteiger charge is -2.30. The second-order valence-electron chi connectivity index (χ2n) is 9.95. The fraction of sp³-hybridized carbons (Fsp3) is 0.500. The van der Waals surface area contributed by atoms with E-state index in [0.717, 1.165) is 23.1 Å². The molecule has 4 heteroatoms. The lowest BCUT2D eigenvalue weighted by molar-refractivity contribution is -0.140. The van der Waals surface area contributed by atoms with Crippen LogP contribution in [0.2, 0.25) is 0 Å². The summed E-state index contributed by atoms with van der Waals surface area (Å²) in [4.78, 5) is 27.8. The van der Waals surface area contributed by atoms with Crippen LogP contribution >= 0.6 is 0 Å². The minimum absolute atomic E-state index is 0.00166. The molecule has 2 aromatic carbocycles. The van der Waals surface area contributed by atoms with Crippen molar-refractivity contribution in [2.24, 2.45) is 0 Å². The number of rotatable bonds is 9. The number of aryl methyl sites for hydroxylation is 2. The van der Waals surface area contributed by atoms with Crippen LogP contribution in [0, 0.1) is 6.92 Å². The van der Waals surface area contributed by atoms with Crippen molar-refractivity contribution in [3.63, 3.8) is 0 Å². The molecule has 0 aliphatic heterocycles. The van der Waals surface area contributed by atoms with Gasteiger partial charge in [-0.3, -0.25) is 9.59 Å². The van der Waals surface area contributed by atoms with Crippen molar-refractivity contribution in [1.29, 1.82) is 0 Å². The van der Waals surface area contributed by atoms with Crippen molar-refractivity contribution in [1.82, 2.24) is 10.2 Å². The highest BCUT2D eigenvalue weighted by molar-refractivity contribution is 5.87. The molecule has 0 saturated heterocycles. The topological polar surface area (TPSA) is 49.4 Å². The minimum Gasteiger partial charge on any atom is -0.352 e. The molecule has 2 amide bonds. The van der Waals surface area contributed by atoms with E-state index in [1.807, 2.05) is 45.9 Å². The maximum absolute atomic E-state index is 13.3. The van der Waals surface area contributed by atoms with E-state index < -0.39 is 6.04 Å². The zero-order chi connectivity index (χ0) is 23.9. The highest BCUT2D eigenvalue weighted by Gasteiger charge is 2.26. The van der Waals surface area contributed by atoms with E-state index in [9.17, 15) is 9.59 Å². The summed E-state index contributed by atoms with van der Waals surface area (Å²) in [6.45, 7) is 14.9. The van der Waals surface area contributed by atoms with E-state index in [0.29, 0.717) is 19.4 Å². The van der Waals surface area contributed by atoms with Gasteiger partial charge in [0.15, 0.2) is 0 Å². The van der Waals surface area contributed by atoms with Crippen molar-refractivity contribution in [2.45, 2.75) is 91.8 Å². The van der Waals surface area contributed by atoms with Crippen LogP contribution in [0.5, 0.6) is 0 Å². The Bertz CT molecular complexity index is 896. The van der Waals surface area contributed by atoms with Crippen LogP contribution in [0.15, 0.2) is 48.5 Å². The average Bonchev–Trinajstić information content (AvgIpc) is 2.75. The third kappa shape index (κ3) is 7.51. The van der Waals surface area contributed by atoms with E-state index in [-0.39, 0.29) is 23.3 Å². The smallest absolute Gasteiger partial charge is 0.242 e. The fourth-order valence-electron chi connectivity index (χ4n) is 3.62. The van der Waals surface area contributed by atoms with Gasteiger partial charge in [-0.15, -0.1) is 0 Å². The number of hydrogen-bond acceptors (Lipinski definition) is 2. The molecule has 174 valence electrons. The third-order valence-corrected chi connectivity index (χ3v) is 6.05. The normalized spacial score (nSPS) is 13.3. The summed E-state index contributed by atoms with van der Waals surface area (Å²) < 4.78 is 0. The van der Waals surface area contributed by atoms with Gasteiger partial charge in [-0.1, -0.05) is 81.8 Å². The van der Waals surface area contributed by atoms with E-state index in [4.69, 9.17) is 0 Å². The molecular formula is C28H40N2O2. The number of amides is 2. The summed E-state index contributed by atoms with van der Waals surface area (Å²) in [5.74, 6) is -0.104. The monoisotopic (exact) mass is 436 g/mol. The zero-order valence-corrected chi connectivity index (χ0v) is 20.9. The second kappa shape index (κ2) is 11.3. The summed E-state index contributed by atoms with van der Waals surface area (Å²) in [5, 5.41) is 3.02. The van der Waals surface area contributed by atoms with Crippen LogP contribution in [-0.4, -0.2) is 28.8 Å². The number of hydrogen-bond donors (Lipinski definition) is 1. The molecule has 0 heterocycles. The molecule has 0 aliphatic carbocycles. The predicted molar refractivity (Wildman–Crippen MR) is 133 cm³/mol. The zero-order valence-electron chi connectivity index (χ0n) is 20.9. The highest BCUT2D eigenvalue weighted by atomic mass is 16.2. The van der Waals surface area contributed by atoms with E-state index in [1.54, 1.807) is 4.90 Å². The Morgan fingerprint density at radius 2 is 1.66 bits per heavy atom. The van der Waals surface area contributed by atoms with Gasteiger partial charge in [0.2, 0.25) is 11.8 Å². The fourth-order valence-corrected chi connectivity index (χ4v) is 3.62. The number of benzene rings is 2. The Kier molecular flexibility index (Phi) is 9.06. The molecule has 0 fully saturated rings. The first-order valence-corrected chi connectivity index (χ1v) is 11.8. The van der Waals surface area contributed by atoms with Crippen LogP contribution < -0.4 is 5.32 Å². The largest absolute Gasteiger partial charge is 0.352 e. The van der Waals surface area contributed by atoms with Gasteiger partial charge in [-0.2, -0.15) is 0 Å². The molecule has 2 aromatic rings.